The third-order valence-corrected chi connectivity index (χ3v) is 6.38. The predicted octanol–water partition coefficient (Wildman–Crippen LogP) is 2.52. The number of amides is 1. The molecule has 2 aliphatic rings. The van der Waals surface area contributed by atoms with Crippen LogP contribution < -0.4 is 5.69 Å². The highest BCUT2D eigenvalue weighted by Gasteiger charge is 2.31. The van der Waals surface area contributed by atoms with Crippen LogP contribution in [0.5, 0.6) is 0 Å². The molecule has 0 radical (unpaired) electrons. The standard InChI is InChI=1S/C21H37N5O2/c1-15(2)25(16(3)4)19(27)14-24-12-10-17(11-13-24)20-22-23(5)21(28)26(20)18-8-6-7-9-18/h15-18H,6-14H2,1-5H3. The molecule has 2 fully saturated rings. The molecule has 0 atom stereocenters. The molecule has 1 aliphatic heterocycles. The van der Waals surface area contributed by atoms with Gasteiger partial charge in [0.15, 0.2) is 0 Å². The van der Waals surface area contributed by atoms with Crippen molar-refractivity contribution in [2.45, 2.75) is 90.3 Å². The first kappa shape index (κ1) is 21.1. The van der Waals surface area contributed by atoms with E-state index in [1.165, 1.54) is 17.5 Å². The molecule has 0 N–H and O–H groups in total. The molecule has 0 spiro atoms. The molecule has 1 amide bonds. The Morgan fingerprint density at radius 3 is 2.18 bits per heavy atom. The van der Waals surface area contributed by atoms with Gasteiger partial charge >= 0.3 is 5.69 Å². The minimum Gasteiger partial charge on any atom is -0.337 e. The highest BCUT2D eigenvalue weighted by molar-refractivity contribution is 5.78. The van der Waals surface area contributed by atoms with Crippen molar-refractivity contribution < 1.29 is 4.79 Å². The van der Waals surface area contributed by atoms with Crippen LogP contribution in [0.1, 0.15) is 84.0 Å². The first-order valence-electron chi connectivity index (χ1n) is 11.0. The van der Waals surface area contributed by atoms with Crippen LogP contribution in [0, 0.1) is 0 Å². The van der Waals surface area contributed by atoms with E-state index in [1.54, 1.807) is 7.05 Å². The number of rotatable bonds is 6. The first-order chi connectivity index (χ1) is 13.3. The van der Waals surface area contributed by atoms with Gasteiger partial charge in [-0.1, -0.05) is 12.8 Å². The molecule has 7 nitrogen and oxygen atoms in total. The minimum atomic E-state index is 0.0315. The van der Waals surface area contributed by atoms with Crippen molar-refractivity contribution in [3.63, 3.8) is 0 Å². The molecule has 1 aromatic rings. The molecule has 7 heteroatoms. The van der Waals surface area contributed by atoms with Gasteiger partial charge in [0, 0.05) is 31.1 Å². The number of carbonyl (C=O) groups excluding carboxylic acids is 1. The molecule has 0 unspecified atom stereocenters. The van der Waals surface area contributed by atoms with E-state index in [2.05, 4.69) is 37.7 Å². The Kier molecular flexibility index (Phi) is 6.63. The van der Waals surface area contributed by atoms with Crippen LogP contribution in [0.15, 0.2) is 4.79 Å². The molecule has 28 heavy (non-hydrogen) atoms. The third-order valence-electron chi connectivity index (χ3n) is 6.38. The maximum Gasteiger partial charge on any atom is 0.345 e. The van der Waals surface area contributed by atoms with E-state index in [4.69, 9.17) is 0 Å². The van der Waals surface area contributed by atoms with Crippen LogP contribution in [-0.4, -0.2) is 61.8 Å². The predicted molar refractivity (Wildman–Crippen MR) is 111 cm³/mol. The zero-order valence-electron chi connectivity index (χ0n) is 18.2. The summed E-state index contributed by atoms with van der Waals surface area (Å²) in [5.41, 5.74) is 0.0315. The summed E-state index contributed by atoms with van der Waals surface area (Å²) in [6.07, 6.45) is 6.50. The Balaban J connectivity index is 1.64. The molecular formula is C21H37N5O2. The van der Waals surface area contributed by atoms with Crippen molar-refractivity contribution in [1.29, 1.82) is 0 Å². The maximum atomic E-state index is 12.7. The lowest BCUT2D eigenvalue weighted by atomic mass is 9.95. The Labute approximate surface area is 168 Å². The number of piperidine rings is 1. The summed E-state index contributed by atoms with van der Waals surface area (Å²) in [6.45, 7) is 10.6. The van der Waals surface area contributed by atoms with E-state index >= 15 is 0 Å². The van der Waals surface area contributed by atoms with Crippen LogP contribution >= 0.6 is 0 Å². The number of nitrogens with zero attached hydrogens (tertiary/aromatic N) is 5. The van der Waals surface area contributed by atoms with Gasteiger partial charge in [0.1, 0.15) is 5.82 Å². The number of likely N-dealkylation sites (tertiary alicyclic amines) is 1. The zero-order valence-corrected chi connectivity index (χ0v) is 18.2. The minimum absolute atomic E-state index is 0.0315. The maximum absolute atomic E-state index is 12.7. The molecule has 1 aliphatic carbocycles. The largest absolute Gasteiger partial charge is 0.345 e. The summed E-state index contributed by atoms with van der Waals surface area (Å²) in [5, 5.41) is 4.61. The van der Waals surface area contributed by atoms with Crippen LogP contribution in [0.3, 0.4) is 0 Å². The number of hydrogen-bond donors (Lipinski definition) is 0. The fraction of sp³-hybridized carbons (Fsp3) is 0.857. The molecule has 0 aromatic carbocycles. The molecule has 1 aromatic heterocycles. The van der Waals surface area contributed by atoms with Gasteiger partial charge < -0.3 is 4.90 Å². The second kappa shape index (κ2) is 8.80. The summed E-state index contributed by atoms with van der Waals surface area (Å²) in [7, 11) is 1.76. The van der Waals surface area contributed by atoms with Gasteiger partial charge in [0.05, 0.1) is 6.54 Å². The van der Waals surface area contributed by atoms with Gasteiger partial charge in [-0.3, -0.25) is 14.3 Å². The summed E-state index contributed by atoms with van der Waals surface area (Å²) in [5.74, 6) is 1.49. The van der Waals surface area contributed by atoms with Crippen molar-refractivity contribution >= 4 is 5.91 Å². The summed E-state index contributed by atoms with van der Waals surface area (Å²) in [4.78, 5) is 29.6. The van der Waals surface area contributed by atoms with Crippen molar-refractivity contribution in [3.8, 4) is 0 Å². The van der Waals surface area contributed by atoms with E-state index in [1.807, 2.05) is 9.47 Å². The lowest BCUT2D eigenvalue weighted by Crippen LogP contribution is -2.48. The van der Waals surface area contributed by atoms with Gasteiger partial charge in [-0.05, 0) is 66.5 Å². The molecule has 1 saturated heterocycles. The number of carbonyl (C=O) groups is 1. The molecular weight excluding hydrogens is 354 g/mol. The lowest BCUT2D eigenvalue weighted by molar-refractivity contribution is -0.136. The summed E-state index contributed by atoms with van der Waals surface area (Å²) >= 11 is 0. The average molecular weight is 392 g/mol. The van der Waals surface area contributed by atoms with Gasteiger partial charge in [0.2, 0.25) is 5.91 Å². The Morgan fingerprint density at radius 1 is 1.07 bits per heavy atom. The molecule has 158 valence electrons. The fourth-order valence-electron chi connectivity index (χ4n) is 5.08. The molecule has 0 bridgehead atoms. The van der Waals surface area contributed by atoms with Crippen molar-refractivity contribution in [1.82, 2.24) is 24.1 Å². The van der Waals surface area contributed by atoms with Crippen molar-refractivity contribution in [2.75, 3.05) is 19.6 Å². The second-order valence-electron chi connectivity index (χ2n) is 9.11. The summed E-state index contributed by atoms with van der Waals surface area (Å²) in [6, 6.07) is 0.764. The van der Waals surface area contributed by atoms with E-state index in [0.717, 1.165) is 44.6 Å². The van der Waals surface area contributed by atoms with Gasteiger partial charge in [-0.2, -0.15) is 5.10 Å². The fourth-order valence-corrected chi connectivity index (χ4v) is 5.08. The first-order valence-corrected chi connectivity index (χ1v) is 11.0. The Morgan fingerprint density at radius 2 is 1.64 bits per heavy atom. The molecule has 2 heterocycles. The van der Waals surface area contributed by atoms with E-state index in [0.29, 0.717) is 18.5 Å². The zero-order chi connectivity index (χ0) is 20.4. The van der Waals surface area contributed by atoms with Crippen molar-refractivity contribution in [3.05, 3.63) is 16.3 Å². The Hall–Kier alpha value is -1.63. The van der Waals surface area contributed by atoms with E-state index in [-0.39, 0.29) is 23.7 Å². The quantitative estimate of drug-likeness (QED) is 0.747. The van der Waals surface area contributed by atoms with E-state index < -0.39 is 0 Å². The SMILES string of the molecule is CC(C)N(C(=O)CN1CCC(c2nn(C)c(=O)n2C2CCCC2)CC1)C(C)C. The number of aromatic nitrogens is 3. The third kappa shape index (κ3) is 4.34. The van der Waals surface area contributed by atoms with Crippen molar-refractivity contribution in [2.24, 2.45) is 7.05 Å². The van der Waals surface area contributed by atoms with Gasteiger partial charge in [-0.25, -0.2) is 9.48 Å². The Bertz CT molecular complexity index is 714. The normalized spacial score (nSPS) is 19.8. The van der Waals surface area contributed by atoms with Crippen LogP contribution in [0.4, 0.5) is 0 Å². The topological polar surface area (TPSA) is 63.4 Å². The van der Waals surface area contributed by atoms with Gasteiger partial charge in [-0.15, -0.1) is 0 Å². The lowest BCUT2D eigenvalue weighted by Gasteiger charge is -2.36. The molecule has 3 rings (SSSR count). The highest BCUT2D eigenvalue weighted by Crippen LogP contribution is 2.33. The summed E-state index contributed by atoms with van der Waals surface area (Å²) < 4.78 is 3.49. The van der Waals surface area contributed by atoms with Crippen LogP contribution in [-0.2, 0) is 11.8 Å². The number of aryl methyl sites for hydroxylation is 1. The van der Waals surface area contributed by atoms with Gasteiger partial charge in [0.25, 0.3) is 0 Å². The van der Waals surface area contributed by atoms with E-state index in [9.17, 15) is 9.59 Å². The number of hydrogen-bond acceptors (Lipinski definition) is 4. The highest BCUT2D eigenvalue weighted by atomic mass is 16.2. The second-order valence-corrected chi connectivity index (χ2v) is 9.11. The average Bonchev–Trinajstić information content (AvgIpc) is 3.23. The smallest absolute Gasteiger partial charge is 0.337 e. The van der Waals surface area contributed by atoms with Crippen LogP contribution in [0.2, 0.25) is 0 Å². The van der Waals surface area contributed by atoms with Crippen LogP contribution in [0.25, 0.3) is 0 Å². The molecule has 1 saturated carbocycles. The monoisotopic (exact) mass is 391 g/mol.